The second-order valence-corrected chi connectivity index (χ2v) is 5.29. The molecule has 1 aliphatic carbocycles. The summed E-state index contributed by atoms with van der Waals surface area (Å²) in [6.45, 7) is 2.07. The van der Waals surface area contributed by atoms with Crippen molar-refractivity contribution >= 4 is 11.3 Å². The van der Waals surface area contributed by atoms with Crippen molar-refractivity contribution in [1.29, 1.82) is 0 Å². The normalized spacial score (nSPS) is 18.7. The van der Waals surface area contributed by atoms with Crippen molar-refractivity contribution in [2.24, 2.45) is 0 Å². The molecule has 2 rings (SSSR count). The fraction of sp³-hybridized carbons (Fsp3) is 0.583. The molecular formula is C12H18N2S. The van der Waals surface area contributed by atoms with Crippen LogP contribution in [0.3, 0.4) is 0 Å². The van der Waals surface area contributed by atoms with E-state index in [2.05, 4.69) is 23.3 Å². The van der Waals surface area contributed by atoms with E-state index in [1.807, 2.05) is 13.2 Å². The van der Waals surface area contributed by atoms with Crippen LogP contribution in [0.25, 0.3) is 0 Å². The first-order valence-corrected chi connectivity index (χ1v) is 6.41. The number of rotatable bonds is 3. The highest BCUT2D eigenvalue weighted by Gasteiger charge is 2.18. The minimum atomic E-state index is 0.400. The van der Waals surface area contributed by atoms with Gasteiger partial charge in [-0.3, -0.25) is 0 Å². The van der Waals surface area contributed by atoms with Crippen LogP contribution >= 0.6 is 11.3 Å². The van der Waals surface area contributed by atoms with E-state index < -0.39 is 0 Å². The highest BCUT2D eigenvalue weighted by atomic mass is 32.1. The molecule has 1 atom stereocenters. The first-order chi connectivity index (χ1) is 7.31. The number of likely N-dealkylation sites (N-methyl/N-ethyl adjacent to an activating group) is 1. The van der Waals surface area contributed by atoms with E-state index in [-0.39, 0.29) is 0 Å². The van der Waals surface area contributed by atoms with Gasteiger partial charge in [-0.15, -0.1) is 11.3 Å². The van der Waals surface area contributed by atoms with E-state index in [0.717, 1.165) is 5.01 Å². The molecule has 1 unspecified atom stereocenters. The third-order valence-electron chi connectivity index (χ3n) is 2.91. The molecule has 0 saturated carbocycles. The van der Waals surface area contributed by atoms with Gasteiger partial charge in [0.15, 0.2) is 0 Å². The average molecular weight is 222 g/mol. The number of allylic oxidation sites excluding steroid dienone is 1. The number of aromatic nitrogens is 1. The minimum Gasteiger partial charge on any atom is -0.309 e. The Morgan fingerprint density at radius 3 is 2.87 bits per heavy atom. The predicted molar refractivity (Wildman–Crippen MR) is 65.2 cm³/mol. The summed E-state index contributed by atoms with van der Waals surface area (Å²) in [5.41, 5.74) is 1.55. The molecule has 0 amide bonds. The van der Waals surface area contributed by atoms with Crippen LogP contribution in [0.15, 0.2) is 17.8 Å². The van der Waals surface area contributed by atoms with E-state index in [9.17, 15) is 0 Å². The van der Waals surface area contributed by atoms with Crippen molar-refractivity contribution in [3.63, 3.8) is 0 Å². The second kappa shape index (κ2) is 4.90. The highest BCUT2D eigenvalue weighted by Crippen LogP contribution is 2.32. The molecule has 1 heterocycles. The Kier molecular flexibility index (Phi) is 3.54. The summed E-state index contributed by atoms with van der Waals surface area (Å²) in [5.74, 6) is 0. The number of hydrogen-bond donors (Lipinski definition) is 1. The van der Waals surface area contributed by atoms with Gasteiger partial charge in [-0.2, -0.15) is 0 Å². The van der Waals surface area contributed by atoms with Crippen molar-refractivity contribution in [2.45, 2.75) is 38.6 Å². The molecule has 0 saturated heterocycles. The van der Waals surface area contributed by atoms with Crippen molar-refractivity contribution in [2.75, 3.05) is 7.05 Å². The molecule has 1 aromatic heterocycles. The van der Waals surface area contributed by atoms with E-state index in [1.165, 1.54) is 30.6 Å². The highest BCUT2D eigenvalue weighted by molar-refractivity contribution is 7.11. The lowest BCUT2D eigenvalue weighted by Crippen LogP contribution is -2.18. The molecular weight excluding hydrogens is 204 g/mol. The van der Waals surface area contributed by atoms with Gasteiger partial charge in [-0.1, -0.05) is 11.6 Å². The molecule has 0 spiro atoms. The van der Waals surface area contributed by atoms with Crippen molar-refractivity contribution in [3.8, 4) is 0 Å². The zero-order valence-corrected chi connectivity index (χ0v) is 10.2. The van der Waals surface area contributed by atoms with Crippen LogP contribution in [-0.4, -0.2) is 12.0 Å². The van der Waals surface area contributed by atoms with Crippen molar-refractivity contribution < 1.29 is 0 Å². The zero-order valence-electron chi connectivity index (χ0n) is 9.42. The number of aryl methyl sites for hydroxylation is 1. The van der Waals surface area contributed by atoms with Gasteiger partial charge in [0.2, 0.25) is 0 Å². The molecule has 82 valence electrons. The van der Waals surface area contributed by atoms with Crippen LogP contribution in [-0.2, 0) is 0 Å². The molecule has 1 N–H and O–H groups in total. The minimum absolute atomic E-state index is 0.400. The molecule has 2 nitrogen and oxygen atoms in total. The molecule has 1 aromatic rings. The lowest BCUT2D eigenvalue weighted by Gasteiger charge is -2.21. The molecule has 0 fully saturated rings. The van der Waals surface area contributed by atoms with Gasteiger partial charge in [0.1, 0.15) is 0 Å². The fourth-order valence-corrected chi connectivity index (χ4v) is 3.09. The topological polar surface area (TPSA) is 24.9 Å². The molecule has 0 radical (unpaired) electrons. The largest absolute Gasteiger partial charge is 0.309 e. The summed E-state index contributed by atoms with van der Waals surface area (Å²) in [6.07, 6.45) is 9.58. The van der Waals surface area contributed by atoms with Crippen LogP contribution in [0.1, 0.15) is 41.6 Å². The van der Waals surface area contributed by atoms with Crippen LogP contribution in [0.4, 0.5) is 0 Å². The van der Waals surface area contributed by atoms with Crippen molar-refractivity contribution in [1.82, 2.24) is 10.3 Å². The molecule has 0 aromatic carbocycles. The summed E-state index contributed by atoms with van der Waals surface area (Å²) in [7, 11) is 2.04. The number of nitrogens with one attached hydrogen (secondary N) is 1. The molecule has 3 heteroatoms. The van der Waals surface area contributed by atoms with Gasteiger partial charge >= 0.3 is 0 Å². The Morgan fingerprint density at radius 2 is 2.33 bits per heavy atom. The van der Waals surface area contributed by atoms with Crippen LogP contribution in [0, 0.1) is 6.92 Å². The smallest absolute Gasteiger partial charge is 0.0897 e. The molecule has 0 aliphatic heterocycles. The Labute approximate surface area is 95.4 Å². The SMILES string of the molecule is CNC(C1=CCCCC1)c1cnc(C)s1. The van der Waals surface area contributed by atoms with E-state index in [1.54, 1.807) is 16.9 Å². The predicted octanol–water partition coefficient (Wildman–Crippen LogP) is 3.21. The zero-order chi connectivity index (χ0) is 10.7. The number of nitrogens with zero attached hydrogens (tertiary/aromatic N) is 1. The summed E-state index contributed by atoms with van der Waals surface area (Å²) in [5, 5.41) is 4.56. The van der Waals surface area contributed by atoms with Gasteiger partial charge in [-0.25, -0.2) is 4.98 Å². The second-order valence-electron chi connectivity index (χ2n) is 4.03. The Balaban J connectivity index is 2.19. The Morgan fingerprint density at radius 1 is 1.47 bits per heavy atom. The summed E-state index contributed by atoms with van der Waals surface area (Å²) in [4.78, 5) is 5.68. The van der Waals surface area contributed by atoms with Crippen LogP contribution < -0.4 is 5.32 Å². The summed E-state index contributed by atoms with van der Waals surface area (Å²) >= 11 is 1.80. The summed E-state index contributed by atoms with van der Waals surface area (Å²) in [6, 6.07) is 0.400. The Hall–Kier alpha value is -0.670. The van der Waals surface area contributed by atoms with Crippen molar-refractivity contribution in [3.05, 3.63) is 27.7 Å². The molecule has 15 heavy (non-hydrogen) atoms. The van der Waals surface area contributed by atoms with Gasteiger partial charge in [0, 0.05) is 11.1 Å². The quantitative estimate of drug-likeness (QED) is 0.794. The first kappa shape index (κ1) is 10.8. The van der Waals surface area contributed by atoms with Gasteiger partial charge in [0.05, 0.1) is 11.0 Å². The maximum Gasteiger partial charge on any atom is 0.0897 e. The fourth-order valence-electron chi connectivity index (χ4n) is 2.15. The van der Waals surface area contributed by atoms with Gasteiger partial charge < -0.3 is 5.32 Å². The first-order valence-electron chi connectivity index (χ1n) is 5.60. The lowest BCUT2D eigenvalue weighted by molar-refractivity contribution is 0.598. The molecule has 1 aliphatic rings. The lowest BCUT2D eigenvalue weighted by atomic mass is 9.93. The summed E-state index contributed by atoms with van der Waals surface area (Å²) < 4.78 is 0. The van der Waals surface area contributed by atoms with Gasteiger partial charge in [-0.05, 0) is 39.7 Å². The number of hydrogen-bond acceptors (Lipinski definition) is 3. The average Bonchev–Trinajstić information content (AvgIpc) is 2.68. The standard InChI is InChI=1S/C12H18N2S/c1-9-14-8-11(15-9)12(13-2)10-6-4-3-5-7-10/h6,8,12-13H,3-5,7H2,1-2H3. The maximum absolute atomic E-state index is 4.33. The molecule has 0 bridgehead atoms. The number of thiazole rings is 1. The third-order valence-corrected chi connectivity index (χ3v) is 3.89. The van der Waals surface area contributed by atoms with E-state index in [0.29, 0.717) is 6.04 Å². The maximum atomic E-state index is 4.33. The van der Waals surface area contributed by atoms with Crippen LogP contribution in [0.5, 0.6) is 0 Å². The monoisotopic (exact) mass is 222 g/mol. The Bertz CT molecular complexity index is 354. The van der Waals surface area contributed by atoms with E-state index >= 15 is 0 Å². The van der Waals surface area contributed by atoms with E-state index in [4.69, 9.17) is 0 Å². The van der Waals surface area contributed by atoms with Gasteiger partial charge in [0.25, 0.3) is 0 Å². The van der Waals surface area contributed by atoms with Crippen LogP contribution in [0.2, 0.25) is 0 Å². The third kappa shape index (κ3) is 2.47.